The van der Waals surface area contributed by atoms with E-state index in [1.165, 1.54) is 11.1 Å². The van der Waals surface area contributed by atoms with Gasteiger partial charge in [-0.1, -0.05) is 42.5 Å². The average molecular weight is 347 g/mol. The van der Waals surface area contributed by atoms with Crippen LogP contribution < -0.4 is 5.32 Å². The Morgan fingerprint density at radius 1 is 1.19 bits per heavy atom. The Hall–Kier alpha value is -3.08. The number of nitrogens with one attached hydrogen (secondary N) is 2. The van der Waals surface area contributed by atoms with E-state index in [2.05, 4.69) is 21.4 Å². The van der Waals surface area contributed by atoms with Crippen molar-refractivity contribution in [3.8, 4) is 0 Å². The highest BCUT2D eigenvalue weighted by Gasteiger charge is 2.25. The molecule has 5 nitrogen and oxygen atoms in total. The first-order valence-electron chi connectivity index (χ1n) is 8.89. The van der Waals surface area contributed by atoms with Crippen molar-refractivity contribution in [1.82, 2.24) is 9.97 Å². The molecule has 0 saturated heterocycles. The second-order valence-electron chi connectivity index (χ2n) is 6.50. The molecule has 0 fully saturated rings. The van der Waals surface area contributed by atoms with Gasteiger partial charge < -0.3 is 9.72 Å². The summed E-state index contributed by atoms with van der Waals surface area (Å²) in [4.78, 5) is 19.7. The van der Waals surface area contributed by atoms with Gasteiger partial charge in [0.2, 0.25) is 0 Å². The van der Waals surface area contributed by atoms with Gasteiger partial charge in [-0.05, 0) is 42.0 Å². The maximum atomic E-state index is 12.2. The lowest BCUT2D eigenvalue weighted by Crippen LogP contribution is -2.18. The number of aromatic nitrogens is 2. The Morgan fingerprint density at radius 2 is 2.08 bits per heavy atom. The highest BCUT2D eigenvalue weighted by molar-refractivity contribution is 5.86. The first kappa shape index (κ1) is 16.4. The summed E-state index contributed by atoms with van der Waals surface area (Å²) in [6.07, 6.45) is 6.33. The number of aromatic amines is 1. The van der Waals surface area contributed by atoms with Crippen molar-refractivity contribution >= 4 is 11.8 Å². The van der Waals surface area contributed by atoms with Crippen LogP contribution in [0.25, 0.3) is 0 Å². The van der Waals surface area contributed by atoms with E-state index in [1.54, 1.807) is 6.33 Å². The van der Waals surface area contributed by atoms with Crippen molar-refractivity contribution in [2.24, 2.45) is 0 Å². The molecule has 5 heteroatoms. The van der Waals surface area contributed by atoms with E-state index in [4.69, 9.17) is 4.74 Å². The van der Waals surface area contributed by atoms with E-state index in [0.717, 1.165) is 36.2 Å². The first-order chi connectivity index (χ1) is 12.8. The summed E-state index contributed by atoms with van der Waals surface area (Å²) >= 11 is 0. The van der Waals surface area contributed by atoms with Crippen molar-refractivity contribution in [3.05, 3.63) is 83.4 Å². The zero-order chi connectivity index (χ0) is 17.8. The quantitative estimate of drug-likeness (QED) is 0.723. The van der Waals surface area contributed by atoms with Gasteiger partial charge >= 0.3 is 6.09 Å². The molecule has 3 aromatic rings. The first-order valence-corrected chi connectivity index (χ1v) is 8.89. The molecule has 1 amide bonds. The SMILES string of the molecule is O=C(Nc1cccc2c1CCCC2c1c[nH]cn1)OCc1ccccc1. The number of carbonyl (C=O) groups excluding carboxylic acids is 1. The monoisotopic (exact) mass is 347 g/mol. The second kappa shape index (κ2) is 7.44. The summed E-state index contributed by atoms with van der Waals surface area (Å²) in [5.74, 6) is 0.270. The molecular formula is C21H21N3O2. The van der Waals surface area contributed by atoms with Crippen LogP contribution in [-0.2, 0) is 17.8 Å². The van der Waals surface area contributed by atoms with E-state index < -0.39 is 6.09 Å². The van der Waals surface area contributed by atoms with Crippen LogP contribution >= 0.6 is 0 Å². The normalized spacial score (nSPS) is 15.9. The summed E-state index contributed by atoms with van der Waals surface area (Å²) in [5.41, 5.74) is 5.28. The Morgan fingerprint density at radius 3 is 2.88 bits per heavy atom. The minimum absolute atomic E-state index is 0.262. The molecular weight excluding hydrogens is 326 g/mol. The predicted octanol–water partition coefficient (Wildman–Crippen LogP) is 4.63. The smallest absolute Gasteiger partial charge is 0.411 e. The third kappa shape index (κ3) is 3.47. The van der Waals surface area contributed by atoms with Crippen LogP contribution in [0.3, 0.4) is 0 Å². The molecule has 1 heterocycles. The lowest BCUT2D eigenvalue weighted by molar-refractivity contribution is 0.155. The van der Waals surface area contributed by atoms with Crippen molar-refractivity contribution < 1.29 is 9.53 Å². The number of imidazole rings is 1. The summed E-state index contributed by atoms with van der Waals surface area (Å²) in [6, 6.07) is 15.7. The van der Waals surface area contributed by atoms with Crippen LogP contribution in [0.15, 0.2) is 61.1 Å². The standard InChI is InChI=1S/C21H21N3O2/c25-21(26-13-15-6-2-1-3-7-15)24-19-11-5-8-16-17(19)9-4-10-18(16)20-12-22-14-23-20/h1-3,5-8,11-12,14,18H,4,9-10,13H2,(H,22,23)(H,24,25). The van der Waals surface area contributed by atoms with E-state index in [9.17, 15) is 4.79 Å². The lowest BCUT2D eigenvalue weighted by atomic mass is 9.80. The minimum atomic E-state index is -0.427. The number of carbonyl (C=O) groups is 1. The molecule has 1 unspecified atom stereocenters. The van der Waals surface area contributed by atoms with Crippen molar-refractivity contribution in [3.63, 3.8) is 0 Å². The van der Waals surface area contributed by atoms with Crippen LogP contribution in [0.5, 0.6) is 0 Å². The molecule has 1 atom stereocenters. The van der Waals surface area contributed by atoms with E-state index in [1.807, 2.05) is 48.7 Å². The zero-order valence-electron chi connectivity index (χ0n) is 14.4. The molecule has 132 valence electrons. The number of fused-ring (bicyclic) bond motifs is 1. The average Bonchev–Trinajstić information content (AvgIpc) is 3.22. The van der Waals surface area contributed by atoms with Crippen LogP contribution in [-0.4, -0.2) is 16.1 Å². The van der Waals surface area contributed by atoms with Crippen LogP contribution in [0.4, 0.5) is 10.5 Å². The third-order valence-corrected chi connectivity index (χ3v) is 4.83. The summed E-state index contributed by atoms with van der Waals surface area (Å²) < 4.78 is 5.35. The molecule has 0 saturated carbocycles. The third-order valence-electron chi connectivity index (χ3n) is 4.83. The van der Waals surface area contributed by atoms with Crippen molar-refractivity contribution in [1.29, 1.82) is 0 Å². The molecule has 2 aromatic carbocycles. The minimum Gasteiger partial charge on any atom is -0.444 e. The molecule has 0 aliphatic heterocycles. The number of amides is 1. The number of anilines is 1. The lowest BCUT2D eigenvalue weighted by Gasteiger charge is -2.26. The molecule has 0 spiro atoms. The number of ether oxygens (including phenoxy) is 1. The van der Waals surface area contributed by atoms with Gasteiger partial charge in [0.05, 0.1) is 12.0 Å². The van der Waals surface area contributed by atoms with Gasteiger partial charge in [-0.25, -0.2) is 9.78 Å². The Kier molecular flexibility index (Phi) is 4.69. The fourth-order valence-corrected chi connectivity index (χ4v) is 3.60. The van der Waals surface area contributed by atoms with Crippen LogP contribution in [0.1, 0.15) is 41.1 Å². The number of nitrogens with zero attached hydrogens (tertiary/aromatic N) is 1. The Balaban J connectivity index is 1.49. The second-order valence-corrected chi connectivity index (χ2v) is 6.50. The molecule has 4 rings (SSSR count). The highest BCUT2D eigenvalue weighted by atomic mass is 16.5. The van der Waals surface area contributed by atoms with Crippen molar-refractivity contribution in [2.45, 2.75) is 31.8 Å². The maximum absolute atomic E-state index is 12.2. The summed E-state index contributed by atoms with van der Waals surface area (Å²) in [6.45, 7) is 0.262. The molecule has 2 N–H and O–H groups in total. The number of rotatable bonds is 4. The molecule has 1 aliphatic carbocycles. The molecule has 26 heavy (non-hydrogen) atoms. The molecule has 0 bridgehead atoms. The van der Waals surface area contributed by atoms with Gasteiger partial charge in [0.15, 0.2) is 0 Å². The van der Waals surface area contributed by atoms with Crippen LogP contribution in [0, 0.1) is 0 Å². The van der Waals surface area contributed by atoms with E-state index in [-0.39, 0.29) is 12.5 Å². The van der Waals surface area contributed by atoms with Crippen LogP contribution in [0.2, 0.25) is 0 Å². The number of hydrogen-bond donors (Lipinski definition) is 2. The van der Waals surface area contributed by atoms with Crippen molar-refractivity contribution in [2.75, 3.05) is 5.32 Å². The van der Waals surface area contributed by atoms with Gasteiger partial charge in [-0.2, -0.15) is 0 Å². The Bertz CT molecular complexity index is 876. The molecule has 1 aromatic heterocycles. The predicted molar refractivity (Wildman–Crippen MR) is 100 cm³/mol. The largest absolute Gasteiger partial charge is 0.444 e. The topological polar surface area (TPSA) is 67.0 Å². The summed E-state index contributed by atoms with van der Waals surface area (Å²) in [7, 11) is 0. The zero-order valence-corrected chi connectivity index (χ0v) is 14.4. The molecule has 0 radical (unpaired) electrons. The molecule has 1 aliphatic rings. The fourth-order valence-electron chi connectivity index (χ4n) is 3.60. The van der Waals surface area contributed by atoms with Gasteiger partial charge in [-0.3, -0.25) is 5.32 Å². The number of benzene rings is 2. The van der Waals surface area contributed by atoms with E-state index in [0.29, 0.717) is 0 Å². The summed E-state index contributed by atoms with van der Waals surface area (Å²) in [5, 5.41) is 2.92. The highest BCUT2D eigenvalue weighted by Crippen LogP contribution is 2.38. The number of hydrogen-bond acceptors (Lipinski definition) is 3. The van der Waals surface area contributed by atoms with Gasteiger partial charge in [0, 0.05) is 17.8 Å². The van der Waals surface area contributed by atoms with Gasteiger partial charge in [0.1, 0.15) is 6.61 Å². The van der Waals surface area contributed by atoms with Gasteiger partial charge in [-0.15, -0.1) is 0 Å². The fraction of sp³-hybridized carbons (Fsp3) is 0.238. The maximum Gasteiger partial charge on any atom is 0.411 e. The van der Waals surface area contributed by atoms with E-state index >= 15 is 0 Å². The Labute approximate surface area is 152 Å². The number of H-pyrrole nitrogens is 1. The van der Waals surface area contributed by atoms with Gasteiger partial charge in [0.25, 0.3) is 0 Å².